The molecule has 0 spiro atoms. The summed E-state index contributed by atoms with van der Waals surface area (Å²) in [5, 5.41) is 0.534. The minimum absolute atomic E-state index is 0.0820. The third kappa shape index (κ3) is 2.34. The van der Waals surface area contributed by atoms with Gasteiger partial charge >= 0.3 is 0 Å². The van der Waals surface area contributed by atoms with Crippen LogP contribution < -0.4 is 0 Å². The number of rotatable bonds is 2. The first kappa shape index (κ1) is 13.3. The predicted octanol–water partition coefficient (Wildman–Crippen LogP) is 4.66. The molecule has 2 nitrogen and oxygen atoms in total. The summed E-state index contributed by atoms with van der Waals surface area (Å²) in [6.45, 7) is 0. The Morgan fingerprint density at radius 3 is 2.39 bits per heavy atom. The van der Waals surface area contributed by atoms with Gasteiger partial charge in [-0.1, -0.05) is 34.8 Å². The highest BCUT2D eigenvalue weighted by Gasteiger charge is 2.17. The molecule has 0 fully saturated rings. The van der Waals surface area contributed by atoms with Crippen molar-refractivity contribution in [3.8, 4) is 11.3 Å². The van der Waals surface area contributed by atoms with Gasteiger partial charge in [0.05, 0.1) is 15.1 Å². The molecule has 2 aromatic rings. The number of hydrogen-bond acceptors (Lipinski definition) is 2. The largest absolute Gasteiger partial charge is 0.296 e. The van der Waals surface area contributed by atoms with Crippen molar-refractivity contribution < 1.29 is 9.18 Å². The van der Waals surface area contributed by atoms with E-state index in [0.717, 1.165) is 6.07 Å². The monoisotopic (exact) mass is 303 g/mol. The number of benzene rings is 1. The minimum atomic E-state index is -0.633. The zero-order valence-corrected chi connectivity index (χ0v) is 11.0. The predicted molar refractivity (Wildman–Crippen MR) is 70.0 cm³/mol. The topological polar surface area (TPSA) is 30.0 Å². The summed E-state index contributed by atoms with van der Waals surface area (Å²) in [7, 11) is 0. The van der Waals surface area contributed by atoms with Crippen molar-refractivity contribution in [1.82, 2.24) is 4.98 Å². The van der Waals surface area contributed by atoms with Crippen LogP contribution in [0.4, 0.5) is 4.39 Å². The first-order valence-corrected chi connectivity index (χ1v) is 5.93. The zero-order chi connectivity index (χ0) is 13.3. The SMILES string of the molecule is O=Cc1ccc(F)c(-c2c(Cl)ccc(Cl)c2Cl)n1. The Morgan fingerprint density at radius 2 is 1.72 bits per heavy atom. The number of nitrogens with zero attached hydrogens (tertiary/aromatic N) is 1. The van der Waals surface area contributed by atoms with E-state index in [1.165, 1.54) is 18.2 Å². The molecule has 0 aliphatic heterocycles. The molecule has 6 heteroatoms. The molecule has 0 aliphatic rings. The van der Waals surface area contributed by atoms with Crippen LogP contribution >= 0.6 is 34.8 Å². The van der Waals surface area contributed by atoms with E-state index in [0.29, 0.717) is 6.29 Å². The molecule has 92 valence electrons. The lowest BCUT2D eigenvalue weighted by Crippen LogP contribution is -1.96. The van der Waals surface area contributed by atoms with Crippen LogP contribution in [-0.2, 0) is 0 Å². The van der Waals surface area contributed by atoms with Gasteiger partial charge in [0, 0.05) is 5.56 Å². The van der Waals surface area contributed by atoms with Crippen molar-refractivity contribution in [2.75, 3.05) is 0 Å². The van der Waals surface area contributed by atoms with Crippen LogP contribution in [0, 0.1) is 5.82 Å². The van der Waals surface area contributed by atoms with Gasteiger partial charge in [0.25, 0.3) is 0 Å². The molecule has 18 heavy (non-hydrogen) atoms. The normalized spacial score (nSPS) is 10.4. The quantitative estimate of drug-likeness (QED) is 0.596. The molecular weight excluding hydrogens is 299 g/mol. The Hall–Kier alpha value is -1.16. The Labute approximate surface area is 117 Å². The van der Waals surface area contributed by atoms with E-state index in [4.69, 9.17) is 34.8 Å². The van der Waals surface area contributed by atoms with Gasteiger partial charge in [-0.2, -0.15) is 0 Å². The van der Waals surface area contributed by atoms with Crippen LogP contribution in [0.2, 0.25) is 15.1 Å². The summed E-state index contributed by atoms with van der Waals surface area (Å²) in [6, 6.07) is 5.37. The van der Waals surface area contributed by atoms with E-state index in [1.807, 2.05) is 0 Å². The van der Waals surface area contributed by atoms with Gasteiger partial charge in [-0.15, -0.1) is 0 Å². The molecule has 0 atom stereocenters. The van der Waals surface area contributed by atoms with Crippen molar-refractivity contribution in [3.05, 3.63) is 50.8 Å². The number of halogens is 4. The molecule has 0 saturated carbocycles. The van der Waals surface area contributed by atoms with Crippen LogP contribution in [0.1, 0.15) is 10.5 Å². The number of aromatic nitrogens is 1. The lowest BCUT2D eigenvalue weighted by atomic mass is 10.1. The fourth-order valence-corrected chi connectivity index (χ4v) is 2.15. The molecule has 1 heterocycles. The number of hydrogen-bond donors (Lipinski definition) is 0. The Morgan fingerprint density at radius 1 is 1.06 bits per heavy atom. The summed E-state index contributed by atoms with van der Waals surface area (Å²) in [6.07, 6.45) is 0.509. The molecule has 0 N–H and O–H groups in total. The highest BCUT2D eigenvalue weighted by atomic mass is 35.5. The third-order valence-electron chi connectivity index (χ3n) is 2.27. The number of aldehydes is 1. The average molecular weight is 305 g/mol. The van der Waals surface area contributed by atoms with Gasteiger partial charge in [-0.05, 0) is 24.3 Å². The van der Waals surface area contributed by atoms with Gasteiger partial charge in [-0.3, -0.25) is 4.79 Å². The maximum atomic E-state index is 13.7. The summed E-state index contributed by atoms with van der Waals surface area (Å²) in [5.74, 6) is -0.633. The molecule has 0 saturated heterocycles. The molecule has 2 rings (SSSR count). The van der Waals surface area contributed by atoms with E-state index < -0.39 is 5.82 Å². The van der Waals surface area contributed by atoms with Gasteiger partial charge in [-0.25, -0.2) is 9.37 Å². The number of pyridine rings is 1. The lowest BCUT2D eigenvalue weighted by Gasteiger charge is -2.09. The van der Waals surface area contributed by atoms with E-state index in [2.05, 4.69) is 4.98 Å². The number of carbonyl (C=O) groups is 1. The average Bonchev–Trinajstić information content (AvgIpc) is 2.36. The van der Waals surface area contributed by atoms with Gasteiger partial charge in [0.15, 0.2) is 6.29 Å². The fourth-order valence-electron chi connectivity index (χ4n) is 1.44. The van der Waals surface area contributed by atoms with E-state index in [9.17, 15) is 9.18 Å². The first-order chi connectivity index (χ1) is 8.54. The Balaban J connectivity index is 2.76. The second-order valence-electron chi connectivity index (χ2n) is 3.40. The van der Waals surface area contributed by atoms with Crippen LogP contribution in [0.25, 0.3) is 11.3 Å². The smallest absolute Gasteiger partial charge is 0.168 e. The van der Waals surface area contributed by atoms with Crippen LogP contribution in [0.5, 0.6) is 0 Å². The second kappa shape index (κ2) is 5.22. The van der Waals surface area contributed by atoms with Gasteiger partial charge in [0.2, 0.25) is 0 Å². The Bertz CT molecular complexity index is 631. The van der Waals surface area contributed by atoms with E-state index in [-0.39, 0.29) is 32.0 Å². The van der Waals surface area contributed by atoms with Crippen molar-refractivity contribution in [2.45, 2.75) is 0 Å². The van der Waals surface area contributed by atoms with Crippen LogP contribution in [-0.4, -0.2) is 11.3 Å². The molecule has 0 aliphatic carbocycles. The van der Waals surface area contributed by atoms with E-state index in [1.54, 1.807) is 0 Å². The molecule has 1 aromatic carbocycles. The standard InChI is InChI=1S/C12H5Cl3FNO/c13-7-2-3-8(14)11(15)10(7)12-9(16)4-1-6(5-18)17-12/h1-5H. The molecule has 0 amide bonds. The molecular formula is C12H5Cl3FNO. The number of carbonyl (C=O) groups excluding carboxylic acids is 1. The molecule has 1 aromatic heterocycles. The first-order valence-electron chi connectivity index (χ1n) is 4.80. The van der Waals surface area contributed by atoms with Crippen molar-refractivity contribution in [1.29, 1.82) is 0 Å². The van der Waals surface area contributed by atoms with Crippen LogP contribution in [0.3, 0.4) is 0 Å². The van der Waals surface area contributed by atoms with Crippen molar-refractivity contribution in [2.24, 2.45) is 0 Å². The maximum absolute atomic E-state index is 13.7. The van der Waals surface area contributed by atoms with Crippen molar-refractivity contribution >= 4 is 41.1 Å². The Kier molecular flexibility index (Phi) is 3.85. The summed E-state index contributed by atoms with van der Waals surface area (Å²) in [4.78, 5) is 14.5. The molecule has 0 radical (unpaired) electrons. The van der Waals surface area contributed by atoms with Gasteiger partial charge in [0.1, 0.15) is 17.2 Å². The molecule has 0 unspecified atom stereocenters. The van der Waals surface area contributed by atoms with Crippen LogP contribution in [0.15, 0.2) is 24.3 Å². The maximum Gasteiger partial charge on any atom is 0.168 e. The second-order valence-corrected chi connectivity index (χ2v) is 4.59. The zero-order valence-electron chi connectivity index (χ0n) is 8.75. The third-order valence-corrected chi connectivity index (χ3v) is 3.39. The summed E-state index contributed by atoms with van der Waals surface area (Å²) < 4.78 is 13.7. The minimum Gasteiger partial charge on any atom is -0.296 e. The highest BCUT2D eigenvalue weighted by molar-refractivity contribution is 6.46. The van der Waals surface area contributed by atoms with Gasteiger partial charge < -0.3 is 0 Å². The van der Waals surface area contributed by atoms with E-state index >= 15 is 0 Å². The highest BCUT2D eigenvalue weighted by Crippen LogP contribution is 2.39. The lowest BCUT2D eigenvalue weighted by molar-refractivity contribution is 0.111. The summed E-state index contributed by atoms with van der Waals surface area (Å²) in [5.41, 5.74) is 0.155. The molecule has 0 bridgehead atoms. The fraction of sp³-hybridized carbons (Fsp3) is 0. The van der Waals surface area contributed by atoms with Crippen molar-refractivity contribution in [3.63, 3.8) is 0 Å². The summed E-state index contributed by atoms with van der Waals surface area (Å²) >= 11 is 17.8.